The Morgan fingerprint density at radius 1 is 1.33 bits per heavy atom. The SMILES string of the molecule is CC(CC(=O)NCC(=O)O)CC(C)(C)C. The molecule has 0 saturated carbocycles. The van der Waals surface area contributed by atoms with Crippen LogP contribution >= 0.6 is 0 Å². The van der Waals surface area contributed by atoms with Crippen LogP contribution in [0.1, 0.15) is 40.5 Å². The summed E-state index contributed by atoms with van der Waals surface area (Å²) in [5.74, 6) is -0.917. The molecule has 1 atom stereocenters. The zero-order valence-corrected chi connectivity index (χ0v) is 9.96. The molecule has 88 valence electrons. The average molecular weight is 215 g/mol. The van der Waals surface area contributed by atoms with E-state index in [-0.39, 0.29) is 23.8 Å². The molecule has 4 heteroatoms. The van der Waals surface area contributed by atoms with Gasteiger partial charge in [0.2, 0.25) is 5.91 Å². The van der Waals surface area contributed by atoms with Crippen molar-refractivity contribution in [1.82, 2.24) is 5.32 Å². The van der Waals surface area contributed by atoms with Crippen molar-refractivity contribution in [3.8, 4) is 0 Å². The van der Waals surface area contributed by atoms with Gasteiger partial charge >= 0.3 is 5.97 Å². The van der Waals surface area contributed by atoms with Gasteiger partial charge in [0, 0.05) is 6.42 Å². The maximum absolute atomic E-state index is 11.3. The molecule has 0 bridgehead atoms. The fourth-order valence-corrected chi connectivity index (χ4v) is 1.68. The van der Waals surface area contributed by atoms with Crippen molar-refractivity contribution in [2.24, 2.45) is 11.3 Å². The van der Waals surface area contributed by atoms with E-state index in [1.807, 2.05) is 6.92 Å². The van der Waals surface area contributed by atoms with Crippen LogP contribution in [0.15, 0.2) is 0 Å². The van der Waals surface area contributed by atoms with Gasteiger partial charge in [0.05, 0.1) is 0 Å². The first-order valence-corrected chi connectivity index (χ1v) is 5.19. The van der Waals surface area contributed by atoms with Crippen molar-refractivity contribution in [2.45, 2.75) is 40.5 Å². The summed E-state index contributed by atoms with van der Waals surface area (Å²) < 4.78 is 0. The lowest BCUT2D eigenvalue weighted by atomic mass is 9.84. The summed E-state index contributed by atoms with van der Waals surface area (Å²) in [7, 11) is 0. The van der Waals surface area contributed by atoms with E-state index in [2.05, 4.69) is 26.1 Å². The highest BCUT2D eigenvalue weighted by Gasteiger charge is 2.17. The highest BCUT2D eigenvalue weighted by Crippen LogP contribution is 2.25. The zero-order chi connectivity index (χ0) is 12.1. The lowest BCUT2D eigenvalue weighted by Crippen LogP contribution is -2.30. The number of carboxylic acid groups (broad SMARTS) is 1. The third kappa shape index (κ3) is 9.25. The van der Waals surface area contributed by atoms with Crippen molar-refractivity contribution in [1.29, 1.82) is 0 Å². The molecule has 0 spiro atoms. The molecule has 1 amide bonds. The number of rotatable bonds is 5. The van der Waals surface area contributed by atoms with Crippen LogP contribution < -0.4 is 5.32 Å². The number of carbonyl (C=O) groups excluding carboxylic acids is 1. The van der Waals surface area contributed by atoms with Crippen molar-refractivity contribution in [3.05, 3.63) is 0 Å². The third-order valence-corrected chi connectivity index (χ3v) is 1.93. The predicted molar refractivity (Wildman–Crippen MR) is 58.5 cm³/mol. The molecule has 1 unspecified atom stereocenters. The molecule has 0 aromatic heterocycles. The Bertz CT molecular complexity index is 230. The maximum atomic E-state index is 11.3. The smallest absolute Gasteiger partial charge is 0.322 e. The molecule has 0 heterocycles. The van der Waals surface area contributed by atoms with E-state index in [0.29, 0.717) is 6.42 Å². The normalized spacial score (nSPS) is 13.3. The molecule has 4 nitrogen and oxygen atoms in total. The lowest BCUT2D eigenvalue weighted by Gasteiger charge is -2.22. The van der Waals surface area contributed by atoms with Crippen molar-refractivity contribution in [3.63, 3.8) is 0 Å². The van der Waals surface area contributed by atoms with Gasteiger partial charge in [0.15, 0.2) is 0 Å². The molecular weight excluding hydrogens is 194 g/mol. The molecule has 0 aliphatic heterocycles. The average Bonchev–Trinajstić information content (AvgIpc) is 1.96. The van der Waals surface area contributed by atoms with Gasteiger partial charge in [0.1, 0.15) is 6.54 Å². The van der Waals surface area contributed by atoms with Gasteiger partial charge in [-0.1, -0.05) is 27.7 Å². The summed E-state index contributed by atoms with van der Waals surface area (Å²) >= 11 is 0. The number of hydrogen-bond donors (Lipinski definition) is 2. The third-order valence-electron chi connectivity index (χ3n) is 1.93. The number of aliphatic carboxylic acids is 1. The van der Waals surface area contributed by atoms with E-state index < -0.39 is 5.97 Å². The van der Waals surface area contributed by atoms with Crippen LogP contribution in [0.4, 0.5) is 0 Å². The van der Waals surface area contributed by atoms with Crippen molar-refractivity contribution < 1.29 is 14.7 Å². The second-order valence-corrected chi connectivity index (χ2v) is 5.24. The molecule has 0 rings (SSSR count). The lowest BCUT2D eigenvalue weighted by molar-refractivity contribution is -0.138. The molecule has 2 N–H and O–H groups in total. The molecule has 0 aromatic carbocycles. The highest BCUT2D eigenvalue weighted by atomic mass is 16.4. The maximum Gasteiger partial charge on any atom is 0.322 e. The largest absolute Gasteiger partial charge is 0.480 e. The summed E-state index contributed by atoms with van der Waals surface area (Å²) in [6.07, 6.45) is 1.35. The van der Waals surface area contributed by atoms with E-state index in [0.717, 1.165) is 6.42 Å². The molecule has 0 aromatic rings. The van der Waals surface area contributed by atoms with E-state index in [1.165, 1.54) is 0 Å². The van der Waals surface area contributed by atoms with Gasteiger partial charge in [-0.05, 0) is 17.8 Å². The zero-order valence-electron chi connectivity index (χ0n) is 9.96. The summed E-state index contributed by atoms with van der Waals surface area (Å²) in [4.78, 5) is 21.5. The van der Waals surface area contributed by atoms with E-state index in [1.54, 1.807) is 0 Å². The van der Waals surface area contributed by atoms with Crippen LogP contribution in [0, 0.1) is 11.3 Å². The first-order chi connectivity index (χ1) is 6.70. The van der Waals surface area contributed by atoms with Crippen LogP contribution in [0.25, 0.3) is 0 Å². The molecule has 0 fully saturated rings. The van der Waals surface area contributed by atoms with E-state index in [4.69, 9.17) is 5.11 Å². The molecule has 15 heavy (non-hydrogen) atoms. The second kappa shape index (κ2) is 5.73. The summed E-state index contributed by atoms with van der Waals surface area (Å²) in [6, 6.07) is 0. The first kappa shape index (κ1) is 13.9. The number of carboxylic acids is 1. The van der Waals surface area contributed by atoms with Gasteiger partial charge in [-0.25, -0.2) is 0 Å². The molecule has 0 saturated heterocycles. The topological polar surface area (TPSA) is 66.4 Å². The van der Waals surface area contributed by atoms with Gasteiger partial charge in [0.25, 0.3) is 0 Å². The standard InChI is InChI=1S/C11H21NO3/c1-8(6-11(2,3)4)5-9(13)12-7-10(14)15/h8H,5-7H2,1-4H3,(H,12,13)(H,14,15). The number of carbonyl (C=O) groups is 2. The van der Waals surface area contributed by atoms with Gasteiger partial charge in [-0.3, -0.25) is 9.59 Å². The number of hydrogen-bond acceptors (Lipinski definition) is 2. The fourth-order valence-electron chi connectivity index (χ4n) is 1.68. The van der Waals surface area contributed by atoms with Crippen molar-refractivity contribution >= 4 is 11.9 Å². The quantitative estimate of drug-likeness (QED) is 0.732. The van der Waals surface area contributed by atoms with Crippen LogP contribution in [0.5, 0.6) is 0 Å². The van der Waals surface area contributed by atoms with Crippen LogP contribution in [-0.2, 0) is 9.59 Å². The summed E-state index contributed by atoms with van der Waals surface area (Å²) in [6.45, 7) is 8.09. The van der Waals surface area contributed by atoms with Gasteiger partial charge < -0.3 is 10.4 Å². The fraction of sp³-hybridized carbons (Fsp3) is 0.818. The van der Waals surface area contributed by atoms with Gasteiger partial charge in [-0.2, -0.15) is 0 Å². The molecule has 0 radical (unpaired) electrons. The second-order valence-electron chi connectivity index (χ2n) is 5.24. The Balaban J connectivity index is 3.81. The summed E-state index contributed by atoms with van der Waals surface area (Å²) in [5, 5.41) is 10.7. The Kier molecular flexibility index (Phi) is 5.33. The van der Waals surface area contributed by atoms with Crippen LogP contribution in [-0.4, -0.2) is 23.5 Å². The number of amides is 1. The van der Waals surface area contributed by atoms with Crippen LogP contribution in [0.3, 0.4) is 0 Å². The Morgan fingerprint density at radius 3 is 2.27 bits per heavy atom. The monoisotopic (exact) mass is 215 g/mol. The first-order valence-electron chi connectivity index (χ1n) is 5.19. The van der Waals surface area contributed by atoms with E-state index >= 15 is 0 Å². The Labute approximate surface area is 91.1 Å². The van der Waals surface area contributed by atoms with Crippen LogP contribution in [0.2, 0.25) is 0 Å². The minimum Gasteiger partial charge on any atom is -0.480 e. The van der Waals surface area contributed by atoms with Crippen molar-refractivity contribution in [2.75, 3.05) is 6.54 Å². The minimum absolute atomic E-state index is 0.186. The Hall–Kier alpha value is -1.06. The highest BCUT2D eigenvalue weighted by molar-refractivity contribution is 5.81. The predicted octanol–water partition coefficient (Wildman–Crippen LogP) is 1.65. The minimum atomic E-state index is -1.01. The summed E-state index contributed by atoms with van der Waals surface area (Å²) in [5.41, 5.74) is 0.201. The van der Waals surface area contributed by atoms with Gasteiger partial charge in [-0.15, -0.1) is 0 Å². The molecular formula is C11H21NO3. The molecule has 0 aliphatic rings. The van der Waals surface area contributed by atoms with E-state index in [9.17, 15) is 9.59 Å². The number of nitrogens with one attached hydrogen (secondary N) is 1. The Morgan fingerprint density at radius 2 is 1.87 bits per heavy atom. The molecule has 0 aliphatic carbocycles.